The van der Waals surface area contributed by atoms with Crippen molar-refractivity contribution in [2.24, 2.45) is 5.92 Å². The van der Waals surface area contributed by atoms with Crippen LogP contribution in [0.2, 0.25) is 0 Å². The number of carbonyl (C=O) groups is 2. The second-order valence-corrected chi connectivity index (χ2v) is 6.31. The molecule has 8 nitrogen and oxygen atoms in total. The third-order valence-corrected chi connectivity index (χ3v) is 4.86. The summed E-state index contributed by atoms with van der Waals surface area (Å²) in [6.07, 6.45) is 3.63. The minimum atomic E-state index is -0.474. The van der Waals surface area contributed by atoms with E-state index >= 15 is 0 Å². The highest BCUT2D eigenvalue weighted by Crippen LogP contribution is 2.30. The van der Waals surface area contributed by atoms with E-state index in [4.69, 9.17) is 9.46 Å². The summed E-state index contributed by atoms with van der Waals surface area (Å²) in [6.45, 7) is 3.00. The molecule has 0 aromatic heterocycles. The lowest BCUT2D eigenvalue weighted by Gasteiger charge is -2.29. The van der Waals surface area contributed by atoms with Crippen molar-refractivity contribution in [1.29, 1.82) is 0 Å². The van der Waals surface area contributed by atoms with Crippen LogP contribution in [0.25, 0.3) is 0 Å². The first-order valence-electron chi connectivity index (χ1n) is 7.79. The molecule has 3 rings (SSSR count). The topological polar surface area (TPSA) is 83.1 Å². The molecule has 22 heavy (non-hydrogen) atoms. The van der Waals surface area contributed by atoms with E-state index < -0.39 is 6.04 Å². The van der Waals surface area contributed by atoms with Crippen LogP contribution < -0.4 is 10.8 Å². The predicted molar refractivity (Wildman–Crippen MR) is 81.2 cm³/mol. The molecular formula is C13H23N4O4P. The number of hydrogen-bond donors (Lipinski definition) is 2. The van der Waals surface area contributed by atoms with Gasteiger partial charge in [-0.05, 0) is 38.1 Å². The maximum absolute atomic E-state index is 12.3. The van der Waals surface area contributed by atoms with Crippen molar-refractivity contribution in [3.63, 3.8) is 0 Å². The predicted octanol–water partition coefficient (Wildman–Crippen LogP) is 0.0241. The summed E-state index contributed by atoms with van der Waals surface area (Å²) in [6, 6.07) is -0.698. The van der Waals surface area contributed by atoms with Crippen molar-refractivity contribution < 1.29 is 19.1 Å². The molecule has 0 radical (unpaired) electrons. The summed E-state index contributed by atoms with van der Waals surface area (Å²) in [7, 11) is 2.09. The van der Waals surface area contributed by atoms with Crippen molar-refractivity contribution in [3.05, 3.63) is 0 Å². The van der Waals surface area contributed by atoms with Gasteiger partial charge in [-0.25, -0.2) is 10.3 Å². The van der Waals surface area contributed by atoms with Crippen LogP contribution in [0.4, 0.5) is 4.79 Å². The Kier molecular flexibility index (Phi) is 5.13. The average molecular weight is 330 g/mol. The Balaban J connectivity index is 1.47. The number of urea groups is 1. The molecule has 0 aliphatic carbocycles. The fourth-order valence-electron chi connectivity index (χ4n) is 3.41. The Morgan fingerprint density at radius 2 is 2.27 bits per heavy atom. The Labute approximate surface area is 132 Å². The molecule has 3 fully saturated rings. The molecule has 4 atom stereocenters. The monoisotopic (exact) mass is 330 g/mol. The van der Waals surface area contributed by atoms with Gasteiger partial charge < -0.3 is 10.2 Å². The van der Waals surface area contributed by atoms with Crippen LogP contribution in [0.15, 0.2) is 0 Å². The van der Waals surface area contributed by atoms with Crippen LogP contribution in [0.3, 0.4) is 0 Å². The largest absolute Gasteiger partial charge is 0.345 e. The van der Waals surface area contributed by atoms with Gasteiger partial charge in [-0.3, -0.25) is 14.3 Å². The van der Waals surface area contributed by atoms with Gasteiger partial charge in [0.2, 0.25) is 0 Å². The van der Waals surface area contributed by atoms with Gasteiger partial charge in [-0.1, -0.05) is 0 Å². The Bertz CT molecular complexity index is 432. The Hall–Kier alpha value is -0.950. The maximum Gasteiger partial charge on any atom is 0.345 e. The van der Waals surface area contributed by atoms with Crippen molar-refractivity contribution >= 4 is 21.4 Å². The fourth-order valence-corrected chi connectivity index (χ4v) is 3.67. The Morgan fingerprint density at radius 1 is 1.41 bits per heavy atom. The molecule has 0 spiro atoms. The van der Waals surface area contributed by atoms with Gasteiger partial charge in [0.25, 0.3) is 5.91 Å². The van der Waals surface area contributed by atoms with Crippen molar-refractivity contribution in [1.82, 2.24) is 20.8 Å². The molecule has 0 aromatic carbocycles. The lowest BCUT2D eigenvalue weighted by atomic mass is 10.0. The third kappa shape index (κ3) is 3.20. The van der Waals surface area contributed by atoms with E-state index in [1.807, 2.05) is 0 Å². The summed E-state index contributed by atoms with van der Waals surface area (Å²) in [5, 5.41) is 4.63. The van der Waals surface area contributed by atoms with E-state index in [1.54, 1.807) is 4.90 Å². The van der Waals surface area contributed by atoms with Gasteiger partial charge in [0, 0.05) is 22.6 Å². The number of hydroxylamine groups is 3. The minimum absolute atomic E-state index is 0.0308. The molecule has 1 unspecified atom stereocenters. The highest BCUT2D eigenvalue weighted by molar-refractivity contribution is 7.09. The second-order valence-electron chi connectivity index (χ2n) is 6.10. The van der Waals surface area contributed by atoms with Crippen LogP contribution in [0.5, 0.6) is 0 Å². The molecule has 2 N–H and O–H groups in total. The van der Waals surface area contributed by atoms with Crippen molar-refractivity contribution in [2.45, 2.75) is 37.8 Å². The fraction of sp³-hybridized carbons (Fsp3) is 0.846. The number of piperidine rings is 2. The number of hydrogen-bond acceptors (Lipinski definition) is 5. The van der Waals surface area contributed by atoms with Gasteiger partial charge in [0.15, 0.2) is 0 Å². The molecule has 2 bridgehead atoms. The summed E-state index contributed by atoms with van der Waals surface area (Å²) >= 11 is 0. The Morgan fingerprint density at radius 3 is 3.00 bits per heavy atom. The molecule has 124 valence electrons. The SMILES string of the molecule is O=C(NOC[C@@H]1CCCNC1)[C@@H]1CC[C@H]2CN1C(=O)N2OP. The highest BCUT2D eigenvalue weighted by Gasteiger charge is 2.47. The number of nitrogens with one attached hydrogen (secondary N) is 2. The van der Waals surface area contributed by atoms with Gasteiger partial charge in [-0.15, -0.1) is 0 Å². The van der Waals surface area contributed by atoms with E-state index in [2.05, 4.69) is 20.3 Å². The lowest BCUT2D eigenvalue weighted by Crippen LogP contribution is -2.50. The third-order valence-electron chi connectivity index (χ3n) is 4.63. The van der Waals surface area contributed by atoms with E-state index in [9.17, 15) is 9.59 Å². The number of rotatable bonds is 5. The van der Waals surface area contributed by atoms with E-state index in [0.717, 1.165) is 32.4 Å². The minimum Gasteiger partial charge on any atom is -0.316 e. The van der Waals surface area contributed by atoms with Crippen molar-refractivity contribution in [2.75, 3.05) is 26.2 Å². The van der Waals surface area contributed by atoms with E-state index in [0.29, 0.717) is 25.5 Å². The van der Waals surface area contributed by atoms with Gasteiger partial charge in [-0.2, -0.15) is 5.06 Å². The first-order valence-corrected chi connectivity index (χ1v) is 8.27. The highest BCUT2D eigenvalue weighted by atomic mass is 31.0. The molecule has 0 aromatic rings. The molecule has 3 aliphatic rings. The zero-order valence-corrected chi connectivity index (χ0v) is 13.6. The molecule has 3 saturated heterocycles. The smallest absolute Gasteiger partial charge is 0.316 e. The molecule has 9 heteroatoms. The number of amides is 3. The van der Waals surface area contributed by atoms with Gasteiger partial charge in [0.1, 0.15) is 6.04 Å². The second kappa shape index (κ2) is 7.08. The quantitative estimate of drug-likeness (QED) is 0.549. The van der Waals surface area contributed by atoms with Crippen LogP contribution in [0.1, 0.15) is 25.7 Å². The van der Waals surface area contributed by atoms with Gasteiger partial charge >= 0.3 is 6.03 Å². The molecule has 3 heterocycles. The van der Waals surface area contributed by atoms with E-state index in [1.165, 1.54) is 5.06 Å². The molecule has 3 aliphatic heterocycles. The normalized spacial score (nSPS) is 31.5. The van der Waals surface area contributed by atoms with Crippen LogP contribution >= 0.6 is 9.47 Å². The van der Waals surface area contributed by atoms with Gasteiger partial charge in [0.05, 0.1) is 12.6 Å². The van der Waals surface area contributed by atoms with Crippen LogP contribution in [-0.4, -0.2) is 60.2 Å². The molecule has 3 amide bonds. The van der Waals surface area contributed by atoms with Crippen LogP contribution in [-0.2, 0) is 14.3 Å². The van der Waals surface area contributed by atoms with E-state index in [-0.39, 0.29) is 18.0 Å². The average Bonchev–Trinajstić information content (AvgIpc) is 2.79. The number of carbonyl (C=O) groups excluding carboxylic acids is 2. The first kappa shape index (κ1) is 15.9. The number of fused-ring (bicyclic) bond motifs is 2. The number of nitrogens with zero attached hydrogens (tertiary/aromatic N) is 2. The molecular weight excluding hydrogens is 307 g/mol. The molecule has 0 saturated carbocycles. The zero-order chi connectivity index (χ0) is 15.5. The summed E-state index contributed by atoms with van der Waals surface area (Å²) in [4.78, 5) is 31.3. The zero-order valence-electron chi connectivity index (χ0n) is 12.5. The maximum atomic E-state index is 12.3. The standard InChI is InChI=1S/C13H23N4O4P/c18-12(15-20-8-9-2-1-5-14-6-9)11-4-3-10-7-16(11)13(19)17(10)21-22/h9-11,14H,1-8,22H2,(H,15,18)/t9-,10+,11+/m1/s1. The first-order chi connectivity index (χ1) is 10.7. The van der Waals surface area contributed by atoms with Crippen molar-refractivity contribution in [3.8, 4) is 0 Å². The summed E-state index contributed by atoms with van der Waals surface area (Å²) in [5.41, 5.74) is 2.51. The van der Waals surface area contributed by atoms with Crippen LogP contribution in [0, 0.1) is 5.92 Å². The summed E-state index contributed by atoms with van der Waals surface area (Å²) in [5.74, 6) is 0.181. The summed E-state index contributed by atoms with van der Waals surface area (Å²) < 4.78 is 5.01. The lowest BCUT2D eigenvalue weighted by molar-refractivity contribution is -0.140.